The van der Waals surface area contributed by atoms with Crippen LogP contribution < -0.4 is 4.74 Å². The molecule has 136 valence electrons. The van der Waals surface area contributed by atoms with Gasteiger partial charge in [-0.25, -0.2) is 4.79 Å². The summed E-state index contributed by atoms with van der Waals surface area (Å²) in [6.45, 7) is 1.52. The Morgan fingerprint density at radius 3 is 2.48 bits per heavy atom. The maximum Gasteiger partial charge on any atom is 0.416 e. The summed E-state index contributed by atoms with van der Waals surface area (Å²) in [5.74, 6) is 0.528. The van der Waals surface area contributed by atoms with Gasteiger partial charge in [0.05, 0.1) is 16.9 Å². The molecule has 1 aliphatic heterocycles. The number of para-hydroxylation sites is 1. The molecule has 0 saturated carbocycles. The Kier molecular flexibility index (Phi) is 3.93. The molecule has 2 aliphatic rings. The monoisotopic (exact) mass is 359 g/mol. The summed E-state index contributed by atoms with van der Waals surface area (Å²) in [6, 6.07) is 18.2. The van der Waals surface area contributed by atoms with Gasteiger partial charge >= 0.3 is 6.09 Å². The highest BCUT2D eigenvalue weighted by Crippen LogP contribution is 2.41. The minimum Gasteiger partial charge on any atom is -0.390 e. The number of fused-ring (bicyclic) bond motifs is 3. The molecule has 0 N–H and O–H groups in total. The van der Waals surface area contributed by atoms with Crippen molar-refractivity contribution in [3.05, 3.63) is 65.9 Å². The van der Waals surface area contributed by atoms with E-state index < -0.39 is 0 Å². The summed E-state index contributed by atoms with van der Waals surface area (Å²) in [5.41, 5.74) is 5.23. The van der Waals surface area contributed by atoms with Gasteiger partial charge < -0.3 is 9.64 Å². The van der Waals surface area contributed by atoms with Gasteiger partial charge in [-0.2, -0.15) is 9.78 Å². The zero-order valence-corrected chi connectivity index (χ0v) is 15.1. The van der Waals surface area contributed by atoms with Gasteiger partial charge in [0, 0.05) is 13.1 Å². The van der Waals surface area contributed by atoms with Gasteiger partial charge in [0.2, 0.25) is 5.88 Å². The van der Waals surface area contributed by atoms with E-state index in [1.54, 1.807) is 9.58 Å². The fourth-order valence-electron chi connectivity index (χ4n) is 4.01. The standard InChI is InChI=1S/C22H21N3O2/c26-22(24-14-6-7-15-24)27-21-20-18-11-5-4-8-16(18)12-13-19(20)23-25(21)17-9-2-1-3-10-17/h1-5,8-11H,6-7,12-15H2. The van der Waals surface area contributed by atoms with E-state index >= 15 is 0 Å². The van der Waals surface area contributed by atoms with Crippen molar-refractivity contribution >= 4 is 6.09 Å². The molecule has 1 aromatic heterocycles. The molecular formula is C22H21N3O2. The predicted molar refractivity (Wildman–Crippen MR) is 103 cm³/mol. The van der Waals surface area contributed by atoms with Crippen LogP contribution in [-0.2, 0) is 12.8 Å². The quantitative estimate of drug-likeness (QED) is 0.688. The van der Waals surface area contributed by atoms with Crippen molar-refractivity contribution in [2.75, 3.05) is 13.1 Å². The number of aromatic nitrogens is 2. The number of ether oxygens (including phenoxy) is 1. The first-order valence-electron chi connectivity index (χ1n) is 9.53. The minimum absolute atomic E-state index is 0.282. The van der Waals surface area contributed by atoms with E-state index in [4.69, 9.17) is 9.84 Å². The van der Waals surface area contributed by atoms with Crippen molar-refractivity contribution in [3.8, 4) is 22.7 Å². The molecule has 0 atom stereocenters. The molecule has 1 amide bonds. The van der Waals surface area contributed by atoms with Crippen LogP contribution in [0.1, 0.15) is 24.1 Å². The number of nitrogens with zero attached hydrogens (tertiary/aromatic N) is 3. The number of aryl methyl sites for hydroxylation is 2. The van der Waals surface area contributed by atoms with Crippen molar-refractivity contribution in [1.82, 2.24) is 14.7 Å². The maximum atomic E-state index is 12.8. The van der Waals surface area contributed by atoms with Crippen molar-refractivity contribution in [3.63, 3.8) is 0 Å². The zero-order valence-electron chi connectivity index (χ0n) is 15.1. The van der Waals surface area contributed by atoms with Gasteiger partial charge in [-0.15, -0.1) is 0 Å². The van der Waals surface area contributed by atoms with Crippen molar-refractivity contribution in [2.45, 2.75) is 25.7 Å². The average molecular weight is 359 g/mol. The highest BCUT2D eigenvalue weighted by molar-refractivity contribution is 5.81. The number of carbonyl (C=O) groups is 1. The Morgan fingerprint density at radius 1 is 0.926 bits per heavy atom. The number of hydrogen-bond acceptors (Lipinski definition) is 3. The molecule has 5 heteroatoms. The Labute approximate surface area is 158 Å². The van der Waals surface area contributed by atoms with Gasteiger partial charge in [0.15, 0.2) is 0 Å². The number of amides is 1. The molecule has 5 rings (SSSR count). The second-order valence-electron chi connectivity index (χ2n) is 7.09. The zero-order chi connectivity index (χ0) is 18.2. The van der Waals surface area contributed by atoms with E-state index in [0.717, 1.165) is 61.3 Å². The molecule has 0 unspecified atom stereocenters. The van der Waals surface area contributed by atoms with E-state index in [2.05, 4.69) is 18.2 Å². The SMILES string of the molecule is O=C(Oc1c2c(nn1-c1ccccc1)CCc1ccccc1-2)N1CCCC1. The lowest BCUT2D eigenvalue weighted by Gasteiger charge is -2.19. The molecule has 2 heterocycles. The number of hydrogen-bond donors (Lipinski definition) is 0. The fourth-order valence-corrected chi connectivity index (χ4v) is 4.01. The second-order valence-corrected chi connectivity index (χ2v) is 7.09. The average Bonchev–Trinajstić information content (AvgIpc) is 3.37. The van der Waals surface area contributed by atoms with Crippen LogP contribution in [-0.4, -0.2) is 33.9 Å². The summed E-state index contributed by atoms with van der Waals surface area (Å²) in [6.07, 6.45) is 3.59. The lowest BCUT2D eigenvalue weighted by atomic mass is 9.90. The summed E-state index contributed by atoms with van der Waals surface area (Å²) >= 11 is 0. The van der Waals surface area contributed by atoms with Crippen molar-refractivity contribution < 1.29 is 9.53 Å². The molecule has 5 nitrogen and oxygen atoms in total. The Bertz CT molecular complexity index is 988. The van der Waals surface area contributed by atoms with Crippen LogP contribution in [0.25, 0.3) is 16.8 Å². The van der Waals surface area contributed by atoms with Gasteiger partial charge in [-0.1, -0.05) is 42.5 Å². The third kappa shape index (κ3) is 2.79. The number of carbonyl (C=O) groups excluding carboxylic acids is 1. The molecule has 27 heavy (non-hydrogen) atoms. The van der Waals surface area contributed by atoms with E-state index in [1.807, 2.05) is 36.4 Å². The summed E-state index contributed by atoms with van der Waals surface area (Å²) in [7, 11) is 0. The van der Waals surface area contributed by atoms with Gasteiger partial charge in [-0.3, -0.25) is 0 Å². The maximum absolute atomic E-state index is 12.8. The molecule has 2 aromatic carbocycles. The van der Waals surface area contributed by atoms with Gasteiger partial charge in [0.1, 0.15) is 0 Å². The van der Waals surface area contributed by atoms with E-state index in [-0.39, 0.29) is 6.09 Å². The van der Waals surface area contributed by atoms with Crippen LogP contribution in [0.3, 0.4) is 0 Å². The van der Waals surface area contributed by atoms with Crippen LogP contribution >= 0.6 is 0 Å². The first kappa shape index (κ1) is 16.1. The summed E-state index contributed by atoms with van der Waals surface area (Å²) in [5, 5.41) is 4.82. The molecular weight excluding hydrogens is 338 g/mol. The molecule has 1 saturated heterocycles. The Morgan fingerprint density at radius 2 is 1.67 bits per heavy atom. The van der Waals surface area contributed by atoms with Crippen LogP contribution in [0.15, 0.2) is 54.6 Å². The fraction of sp³-hybridized carbons (Fsp3) is 0.273. The molecule has 1 aliphatic carbocycles. The molecule has 1 fully saturated rings. The summed E-state index contributed by atoms with van der Waals surface area (Å²) < 4.78 is 7.75. The van der Waals surface area contributed by atoms with Crippen LogP contribution in [0.5, 0.6) is 5.88 Å². The highest BCUT2D eigenvalue weighted by atomic mass is 16.6. The minimum atomic E-state index is -0.282. The molecule has 0 spiro atoms. The van der Waals surface area contributed by atoms with E-state index in [1.165, 1.54) is 5.56 Å². The largest absolute Gasteiger partial charge is 0.416 e. The van der Waals surface area contributed by atoms with E-state index in [9.17, 15) is 4.79 Å². The predicted octanol–water partition coefficient (Wildman–Crippen LogP) is 4.23. The highest BCUT2D eigenvalue weighted by Gasteiger charge is 2.30. The Balaban J connectivity index is 1.65. The van der Waals surface area contributed by atoms with Crippen LogP contribution in [0.4, 0.5) is 4.79 Å². The van der Waals surface area contributed by atoms with Gasteiger partial charge in [0.25, 0.3) is 0 Å². The summed E-state index contributed by atoms with van der Waals surface area (Å²) in [4.78, 5) is 14.5. The number of likely N-dealkylation sites (tertiary alicyclic amines) is 1. The molecule has 3 aromatic rings. The van der Waals surface area contributed by atoms with Gasteiger partial charge in [-0.05, 0) is 48.9 Å². The topological polar surface area (TPSA) is 47.4 Å². The first-order chi connectivity index (χ1) is 13.3. The normalized spacial score (nSPS) is 15.3. The Hall–Kier alpha value is -3.08. The van der Waals surface area contributed by atoms with Crippen LogP contribution in [0, 0.1) is 0 Å². The second kappa shape index (κ2) is 6.58. The smallest absolute Gasteiger partial charge is 0.390 e. The third-order valence-electron chi connectivity index (χ3n) is 5.38. The lowest BCUT2D eigenvalue weighted by Crippen LogP contribution is -2.31. The van der Waals surface area contributed by atoms with Crippen molar-refractivity contribution in [2.24, 2.45) is 0 Å². The van der Waals surface area contributed by atoms with E-state index in [0.29, 0.717) is 5.88 Å². The first-order valence-corrected chi connectivity index (χ1v) is 9.53. The molecule has 0 radical (unpaired) electrons. The lowest BCUT2D eigenvalue weighted by molar-refractivity contribution is 0.160. The number of rotatable bonds is 2. The third-order valence-corrected chi connectivity index (χ3v) is 5.38. The number of benzene rings is 2. The van der Waals surface area contributed by atoms with Crippen LogP contribution in [0.2, 0.25) is 0 Å². The molecule has 0 bridgehead atoms. The van der Waals surface area contributed by atoms with Crippen molar-refractivity contribution in [1.29, 1.82) is 0 Å².